The van der Waals surface area contributed by atoms with Gasteiger partial charge >= 0.3 is 12.2 Å². The normalized spacial score (nSPS) is 14.3. The molecule has 1 fully saturated rings. The molecule has 1 aliphatic heterocycles. The maximum atomic E-state index is 12.4. The fourth-order valence-electron chi connectivity index (χ4n) is 4.27. The molecule has 2 heterocycles. The van der Waals surface area contributed by atoms with Crippen LogP contribution in [0.1, 0.15) is 47.1 Å². The third-order valence-electron chi connectivity index (χ3n) is 6.10. The number of nitrogens with zero attached hydrogens (tertiary/aromatic N) is 3. The Bertz CT molecular complexity index is 1340. The molecular weight excluding hydrogens is 516 g/mol. The van der Waals surface area contributed by atoms with Gasteiger partial charge < -0.3 is 24.6 Å². The van der Waals surface area contributed by atoms with E-state index in [0.29, 0.717) is 37.7 Å². The topological polar surface area (TPSA) is 84.0 Å². The predicted molar refractivity (Wildman–Crippen MR) is 155 cm³/mol. The summed E-state index contributed by atoms with van der Waals surface area (Å²) in [5.74, 6) is 0.725. The molecule has 0 aliphatic carbocycles. The summed E-state index contributed by atoms with van der Waals surface area (Å²) in [5.41, 5.74) is 2.89. The molecule has 1 aromatic heterocycles. The van der Waals surface area contributed by atoms with Gasteiger partial charge in [0, 0.05) is 38.1 Å². The molecule has 0 bridgehead atoms. The first-order chi connectivity index (χ1) is 18.3. The molecule has 2 aromatic carbocycles. The fraction of sp³-hybridized carbons (Fsp3) is 0.433. The van der Waals surface area contributed by atoms with Gasteiger partial charge in [0.15, 0.2) is 0 Å². The highest BCUT2D eigenvalue weighted by Gasteiger charge is 2.27. The van der Waals surface area contributed by atoms with Crippen LogP contribution in [0.25, 0.3) is 22.0 Å². The van der Waals surface area contributed by atoms with Crippen LogP contribution in [0.4, 0.5) is 15.4 Å². The molecule has 1 N–H and O–H groups in total. The number of anilines is 1. The molecule has 2 amide bonds. The number of nitrogens with one attached hydrogen (secondary N) is 1. The van der Waals surface area contributed by atoms with E-state index in [1.165, 1.54) is 0 Å². The van der Waals surface area contributed by atoms with E-state index in [2.05, 4.69) is 16.3 Å². The number of aromatic nitrogens is 1. The summed E-state index contributed by atoms with van der Waals surface area (Å²) in [6, 6.07) is 16.1. The molecule has 0 unspecified atom stereocenters. The van der Waals surface area contributed by atoms with E-state index >= 15 is 0 Å². The highest BCUT2D eigenvalue weighted by Crippen LogP contribution is 2.31. The lowest BCUT2D eigenvalue weighted by Crippen LogP contribution is -2.50. The van der Waals surface area contributed by atoms with E-state index in [1.54, 1.807) is 4.90 Å². The van der Waals surface area contributed by atoms with Gasteiger partial charge in [-0.1, -0.05) is 41.9 Å². The van der Waals surface area contributed by atoms with Gasteiger partial charge in [-0.15, -0.1) is 0 Å². The zero-order valence-corrected chi connectivity index (χ0v) is 24.3. The molecule has 39 heavy (non-hydrogen) atoms. The number of benzene rings is 2. The Kier molecular flexibility index (Phi) is 8.25. The van der Waals surface area contributed by atoms with Crippen molar-refractivity contribution < 1.29 is 19.1 Å². The van der Waals surface area contributed by atoms with Crippen molar-refractivity contribution in [3.05, 3.63) is 59.1 Å². The van der Waals surface area contributed by atoms with Crippen molar-refractivity contribution >= 4 is 40.5 Å². The van der Waals surface area contributed by atoms with Gasteiger partial charge in [-0.05, 0) is 76.4 Å². The number of halogens is 1. The standard InChI is InChI=1S/C30H37ClN4O4/c1-29(2,3)38-27(36)32-19-20-7-9-21(10-8-20)22-11-12-25-23(17-22)18-24(31)26(33-25)34-13-15-35(16-14-34)28(37)39-30(4,5)6/h7-12,17-18H,13-16,19H2,1-6H3,(H,32,36). The fourth-order valence-corrected chi connectivity index (χ4v) is 4.55. The summed E-state index contributed by atoms with van der Waals surface area (Å²) in [4.78, 5) is 33.0. The summed E-state index contributed by atoms with van der Waals surface area (Å²) >= 11 is 6.69. The molecule has 0 saturated carbocycles. The van der Waals surface area contributed by atoms with Crippen LogP contribution >= 0.6 is 11.6 Å². The highest BCUT2D eigenvalue weighted by atomic mass is 35.5. The molecule has 0 spiro atoms. The van der Waals surface area contributed by atoms with Gasteiger partial charge in [0.25, 0.3) is 0 Å². The zero-order chi connectivity index (χ0) is 28.4. The second-order valence-corrected chi connectivity index (χ2v) is 12.1. The Morgan fingerprint density at radius 3 is 2.10 bits per heavy atom. The average molecular weight is 553 g/mol. The first-order valence-corrected chi connectivity index (χ1v) is 13.5. The molecule has 3 aromatic rings. The van der Waals surface area contributed by atoms with E-state index in [-0.39, 0.29) is 6.09 Å². The van der Waals surface area contributed by atoms with Gasteiger partial charge in [-0.25, -0.2) is 14.6 Å². The van der Waals surface area contributed by atoms with Crippen molar-refractivity contribution in [2.75, 3.05) is 31.1 Å². The second-order valence-electron chi connectivity index (χ2n) is 11.7. The maximum absolute atomic E-state index is 12.4. The smallest absolute Gasteiger partial charge is 0.410 e. The van der Waals surface area contributed by atoms with Crippen molar-refractivity contribution in [1.82, 2.24) is 15.2 Å². The van der Waals surface area contributed by atoms with Crippen molar-refractivity contribution in [2.24, 2.45) is 0 Å². The Balaban J connectivity index is 1.41. The van der Waals surface area contributed by atoms with Crippen LogP contribution in [0.15, 0.2) is 48.5 Å². The molecular formula is C30H37ClN4O4. The third-order valence-corrected chi connectivity index (χ3v) is 6.38. The van der Waals surface area contributed by atoms with Crippen LogP contribution in [0, 0.1) is 0 Å². The second kappa shape index (κ2) is 11.3. The quantitative estimate of drug-likeness (QED) is 0.391. The van der Waals surface area contributed by atoms with E-state index in [0.717, 1.165) is 33.4 Å². The number of ether oxygens (including phenoxy) is 2. The van der Waals surface area contributed by atoms with Crippen molar-refractivity contribution in [1.29, 1.82) is 0 Å². The number of amides is 2. The number of alkyl carbamates (subject to hydrolysis) is 1. The van der Waals surface area contributed by atoms with Gasteiger partial charge in [0.05, 0.1) is 10.5 Å². The lowest BCUT2D eigenvalue weighted by molar-refractivity contribution is 0.0240. The predicted octanol–water partition coefficient (Wildman–Crippen LogP) is 6.64. The summed E-state index contributed by atoms with van der Waals surface area (Å²) in [6.45, 7) is 13.9. The van der Waals surface area contributed by atoms with E-state index in [9.17, 15) is 9.59 Å². The maximum Gasteiger partial charge on any atom is 0.410 e. The van der Waals surface area contributed by atoms with E-state index in [1.807, 2.05) is 84.0 Å². The van der Waals surface area contributed by atoms with Gasteiger partial charge in [0.2, 0.25) is 0 Å². The molecule has 1 aliphatic rings. The number of carbonyl (C=O) groups is 2. The number of fused-ring (bicyclic) bond motifs is 1. The summed E-state index contributed by atoms with van der Waals surface area (Å²) < 4.78 is 10.8. The molecule has 0 atom stereocenters. The van der Waals surface area contributed by atoms with Crippen molar-refractivity contribution in [2.45, 2.75) is 59.3 Å². The minimum Gasteiger partial charge on any atom is -0.444 e. The van der Waals surface area contributed by atoms with E-state index < -0.39 is 17.3 Å². The monoisotopic (exact) mass is 552 g/mol. The Morgan fingerprint density at radius 1 is 0.872 bits per heavy atom. The van der Waals surface area contributed by atoms with Crippen LogP contribution in [-0.4, -0.2) is 59.5 Å². The minimum atomic E-state index is -0.528. The molecule has 9 heteroatoms. The van der Waals surface area contributed by atoms with Crippen molar-refractivity contribution in [3.63, 3.8) is 0 Å². The number of hydrogen-bond donors (Lipinski definition) is 1. The lowest BCUT2D eigenvalue weighted by atomic mass is 10.0. The lowest BCUT2D eigenvalue weighted by Gasteiger charge is -2.36. The van der Waals surface area contributed by atoms with Crippen LogP contribution in [0.5, 0.6) is 0 Å². The van der Waals surface area contributed by atoms with Gasteiger partial charge in [0.1, 0.15) is 17.0 Å². The number of hydrogen-bond acceptors (Lipinski definition) is 6. The van der Waals surface area contributed by atoms with E-state index in [4.69, 9.17) is 26.1 Å². The SMILES string of the molecule is CC(C)(C)OC(=O)NCc1ccc(-c2ccc3nc(N4CCN(C(=O)OC(C)(C)C)CC4)c(Cl)cc3c2)cc1. The molecule has 208 valence electrons. The summed E-state index contributed by atoms with van der Waals surface area (Å²) in [7, 11) is 0. The largest absolute Gasteiger partial charge is 0.444 e. The Hall–Kier alpha value is -3.52. The summed E-state index contributed by atoms with van der Waals surface area (Å²) in [6.07, 6.45) is -0.727. The van der Waals surface area contributed by atoms with Gasteiger partial charge in [-0.2, -0.15) is 0 Å². The average Bonchev–Trinajstić information content (AvgIpc) is 2.85. The van der Waals surface area contributed by atoms with Crippen molar-refractivity contribution in [3.8, 4) is 11.1 Å². The number of piperazine rings is 1. The first-order valence-electron chi connectivity index (χ1n) is 13.2. The molecule has 4 rings (SSSR count). The minimum absolute atomic E-state index is 0.292. The number of carbonyl (C=O) groups excluding carboxylic acids is 2. The third kappa shape index (κ3) is 7.76. The number of rotatable bonds is 4. The molecule has 1 saturated heterocycles. The molecule has 0 radical (unpaired) electrons. The van der Waals surface area contributed by atoms with Crippen LogP contribution in [0.3, 0.4) is 0 Å². The van der Waals surface area contributed by atoms with Crippen LogP contribution < -0.4 is 10.2 Å². The molecule has 8 nitrogen and oxygen atoms in total. The Labute approximate surface area is 235 Å². The van der Waals surface area contributed by atoms with Gasteiger partial charge in [-0.3, -0.25) is 0 Å². The highest BCUT2D eigenvalue weighted by molar-refractivity contribution is 6.33. The van der Waals surface area contributed by atoms with Crippen LogP contribution in [0.2, 0.25) is 5.02 Å². The number of pyridine rings is 1. The van der Waals surface area contributed by atoms with Crippen LogP contribution in [-0.2, 0) is 16.0 Å². The summed E-state index contributed by atoms with van der Waals surface area (Å²) in [5, 5.41) is 4.31. The zero-order valence-electron chi connectivity index (χ0n) is 23.5. The Morgan fingerprint density at radius 2 is 1.49 bits per heavy atom. The first kappa shape index (κ1) is 28.5.